The van der Waals surface area contributed by atoms with E-state index in [0.29, 0.717) is 17.0 Å². The van der Waals surface area contributed by atoms with Crippen LogP contribution in [-0.4, -0.2) is 28.1 Å². The van der Waals surface area contributed by atoms with E-state index < -0.39 is 4.92 Å². The standard InChI is InChI=1S/C20H25N3O4/c1-14(2)8-9-22-15(3)10-19(16(22)4)20(24)13-27-21-12-17-6-5-7-18(11-17)23(25)26/h5-7,10-12,14H,8-9,13H2,1-4H3/b21-12+. The van der Waals surface area contributed by atoms with Gasteiger partial charge in [-0.3, -0.25) is 14.9 Å². The van der Waals surface area contributed by atoms with E-state index in [9.17, 15) is 14.9 Å². The first kappa shape index (κ1) is 20.4. The molecule has 2 rings (SSSR count). The van der Waals surface area contributed by atoms with Crippen molar-refractivity contribution >= 4 is 17.7 Å². The van der Waals surface area contributed by atoms with Crippen molar-refractivity contribution in [2.75, 3.05) is 6.61 Å². The van der Waals surface area contributed by atoms with Gasteiger partial charge in [-0.15, -0.1) is 0 Å². The number of oxime groups is 1. The number of nitro groups is 1. The molecule has 0 N–H and O–H groups in total. The Morgan fingerprint density at radius 3 is 2.74 bits per heavy atom. The van der Waals surface area contributed by atoms with Crippen LogP contribution >= 0.6 is 0 Å². The predicted octanol–water partition coefficient (Wildman–Crippen LogP) is 4.29. The Bertz CT molecular complexity index is 853. The first-order chi connectivity index (χ1) is 12.8. The van der Waals surface area contributed by atoms with Crippen LogP contribution in [0.1, 0.15) is 47.6 Å². The molecule has 0 saturated carbocycles. The SMILES string of the molecule is Cc1cc(C(=O)CO/N=C/c2cccc([N+](=O)[O-])c2)c(C)n1CCC(C)C. The fourth-order valence-corrected chi connectivity index (χ4v) is 2.81. The molecule has 0 aliphatic carbocycles. The van der Waals surface area contributed by atoms with E-state index in [2.05, 4.69) is 23.6 Å². The highest BCUT2D eigenvalue weighted by atomic mass is 16.6. The minimum Gasteiger partial charge on any atom is -0.387 e. The number of benzene rings is 1. The molecule has 0 atom stereocenters. The van der Waals surface area contributed by atoms with Gasteiger partial charge in [0, 0.05) is 41.2 Å². The van der Waals surface area contributed by atoms with Gasteiger partial charge >= 0.3 is 0 Å². The van der Waals surface area contributed by atoms with Crippen LogP contribution in [0.5, 0.6) is 0 Å². The minimum absolute atomic E-state index is 0.0242. The zero-order valence-electron chi connectivity index (χ0n) is 16.1. The first-order valence-electron chi connectivity index (χ1n) is 8.89. The Morgan fingerprint density at radius 1 is 1.33 bits per heavy atom. The number of carbonyl (C=O) groups excluding carboxylic acids is 1. The van der Waals surface area contributed by atoms with E-state index in [4.69, 9.17) is 4.84 Å². The van der Waals surface area contributed by atoms with Gasteiger partial charge in [0.25, 0.3) is 5.69 Å². The van der Waals surface area contributed by atoms with Crippen molar-refractivity contribution in [2.45, 2.75) is 40.7 Å². The Morgan fingerprint density at radius 2 is 2.07 bits per heavy atom. The van der Waals surface area contributed by atoms with Crippen LogP contribution in [0.3, 0.4) is 0 Å². The molecule has 2 aromatic rings. The van der Waals surface area contributed by atoms with Crippen molar-refractivity contribution in [2.24, 2.45) is 11.1 Å². The highest BCUT2D eigenvalue weighted by Gasteiger charge is 2.16. The molecule has 0 amide bonds. The molecule has 0 aliphatic rings. The quantitative estimate of drug-likeness (QED) is 0.285. The van der Waals surface area contributed by atoms with E-state index in [0.717, 1.165) is 24.4 Å². The molecule has 0 unspecified atom stereocenters. The van der Waals surface area contributed by atoms with Crippen molar-refractivity contribution in [3.63, 3.8) is 0 Å². The highest BCUT2D eigenvalue weighted by molar-refractivity contribution is 5.98. The number of non-ortho nitro benzene ring substituents is 1. The largest absolute Gasteiger partial charge is 0.387 e. The van der Waals surface area contributed by atoms with Crippen molar-refractivity contribution in [3.05, 3.63) is 63.0 Å². The summed E-state index contributed by atoms with van der Waals surface area (Å²) in [5.74, 6) is 0.451. The number of hydrogen-bond donors (Lipinski definition) is 0. The maximum atomic E-state index is 12.4. The molecule has 1 aromatic heterocycles. The third-order valence-corrected chi connectivity index (χ3v) is 4.36. The second kappa shape index (κ2) is 9.12. The molecule has 1 aromatic carbocycles. The minimum atomic E-state index is -0.475. The second-order valence-corrected chi connectivity index (χ2v) is 6.90. The average Bonchev–Trinajstić information content (AvgIpc) is 2.91. The number of rotatable bonds is 9. The molecule has 0 spiro atoms. The Balaban J connectivity index is 1.97. The van der Waals surface area contributed by atoms with Crippen LogP contribution in [0.4, 0.5) is 5.69 Å². The third kappa shape index (κ3) is 5.51. The number of ketones is 1. The molecule has 0 radical (unpaired) electrons. The third-order valence-electron chi connectivity index (χ3n) is 4.36. The van der Waals surface area contributed by atoms with Crippen LogP contribution in [0.2, 0.25) is 0 Å². The summed E-state index contributed by atoms with van der Waals surface area (Å²) in [7, 11) is 0. The van der Waals surface area contributed by atoms with Crippen LogP contribution in [0, 0.1) is 29.9 Å². The van der Waals surface area contributed by atoms with Gasteiger partial charge in [0.05, 0.1) is 11.1 Å². The smallest absolute Gasteiger partial charge is 0.270 e. The van der Waals surface area contributed by atoms with Gasteiger partial charge in [-0.1, -0.05) is 31.1 Å². The lowest BCUT2D eigenvalue weighted by molar-refractivity contribution is -0.384. The van der Waals surface area contributed by atoms with Gasteiger partial charge in [-0.25, -0.2) is 0 Å². The van der Waals surface area contributed by atoms with Gasteiger partial charge in [-0.05, 0) is 32.3 Å². The van der Waals surface area contributed by atoms with Crippen molar-refractivity contribution in [1.82, 2.24) is 4.57 Å². The van der Waals surface area contributed by atoms with Crippen LogP contribution in [0.15, 0.2) is 35.5 Å². The summed E-state index contributed by atoms with van der Waals surface area (Å²) in [6.07, 6.45) is 2.40. The molecule has 1 heterocycles. The molecule has 7 heteroatoms. The molecule has 144 valence electrons. The maximum absolute atomic E-state index is 12.4. The Kier molecular flexibility index (Phi) is 6.87. The summed E-state index contributed by atoms with van der Waals surface area (Å²) in [6.45, 7) is 8.98. The normalized spacial score (nSPS) is 11.3. The van der Waals surface area contributed by atoms with Crippen LogP contribution < -0.4 is 0 Å². The number of Topliss-reactive ketones (excluding diaryl/α,β-unsaturated/α-hetero) is 1. The monoisotopic (exact) mass is 371 g/mol. The van der Waals surface area contributed by atoms with E-state index in [1.807, 2.05) is 19.9 Å². The summed E-state index contributed by atoms with van der Waals surface area (Å²) in [4.78, 5) is 27.8. The molecule has 0 aliphatic heterocycles. The fourth-order valence-electron chi connectivity index (χ4n) is 2.81. The number of carbonyl (C=O) groups is 1. The highest BCUT2D eigenvalue weighted by Crippen LogP contribution is 2.18. The van der Waals surface area contributed by atoms with Gasteiger partial charge < -0.3 is 9.40 Å². The first-order valence-corrected chi connectivity index (χ1v) is 8.89. The molecule has 7 nitrogen and oxygen atoms in total. The van der Waals surface area contributed by atoms with E-state index in [1.54, 1.807) is 12.1 Å². The Labute approximate surface area is 158 Å². The zero-order valence-corrected chi connectivity index (χ0v) is 16.1. The number of aromatic nitrogens is 1. The topological polar surface area (TPSA) is 86.7 Å². The lowest BCUT2D eigenvalue weighted by atomic mass is 10.1. The van der Waals surface area contributed by atoms with Gasteiger partial charge in [0.15, 0.2) is 6.61 Å². The molecule has 0 fully saturated rings. The van der Waals surface area contributed by atoms with Gasteiger partial charge in [0.2, 0.25) is 5.78 Å². The lowest BCUT2D eigenvalue weighted by Crippen LogP contribution is -2.10. The average molecular weight is 371 g/mol. The molecular formula is C20H25N3O4. The van der Waals surface area contributed by atoms with Crippen LogP contribution in [-0.2, 0) is 11.4 Å². The van der Waals surface area contributed by atoms with Gasteiger partial charge in [0.1, 0.15) is 0 Å². The molecule has 0 bridgehead atoms. The maximum Gasteiger partial charge on any atom is 0.270 e. The predicted molar refractivity (Wildman–Crippen MR) is 104 cm³/mol. The number of aryl methyl sites for hydroxylation is 1. The summed E-state index contributed by atoms with van der Waals surface area (Å²) in [5.41, 5.74) is 3.13. The lowest BCUT2D eigenvalue weighted by Gasteiger charge is -2.11. The summed E-state index contributed by atoms with van der Waals surface area (Å²) in [6, 6.07) is 7.90. The number of hydrogen-bond acceptors (Lipinski definition) is 5. The zero-order chi connectivity index (χ0) is 20.0. The molecule has 27 heavy (non-hydrogen) atoms. The molecule has 0 saturated heterocycles. The number of nitrogens with zero attached hydrogens (tertiary/aromatic N) is 3. The summed E-state index contributed by atoms with van der Waals surface area (Å²) in [5, 5.41) is 14.5. The van der Waals surface area contributed by atoms with Crippen molar-refractivity contribution < 1.29 is 14.6 Å². The van der Waals surface area contributed by atoms with E-state index >= 15 is 0 Å². The summed E-state index contributed by atoms with van der Waals surface area (Å²) >= 11 is 0. The van der Waals surface area contributed by atoms with Crippen LogP contribution in [0.25, 0.3) is 0 Å². The fraction of sp³-hybridized carbons (Fsp3) is 0.400. The van der Waals surface area contributed by atoms with Gasteiger partial charge in [-0.2, -0.15) is 0 Å². The van der Waals surface area contributed by atoms with Crippen molar-refractivity contribution in [3.8, 4) is 0 Å². The van der Waals surface area contributed by atoms with Crippen molar-refractivity contribution in [1.29, 1.82) is 0 Å². The number of nitro benzene ring substituents is 1. The van der Waals surface area contributed by atoms with E-state index in [1.165, 1.54) is 18.3 Å². The second-order valence-electron chi connectivity index (χ2n) is 6.90. The van der Waals surface area contributed by atoms with E-state index in [-0.39, 0.29) is 18.1 Å². The summed E-state index contributed by atoms with van der Waals surface area (Å²) < 4.78 is 2.15. The Hall–Kier alpha value is -2.96. The molecular weight excluding hydrogens is 346 g/mol.